The molecule has 2 heterocycles. The van der Waals surface area contributed by atoms with Crippen LogP contribution in [0, 0.1) is 5.92 Å². The highest BCUT2D eigenvalue weighted by Gasteiger charge is 2.57. The van der Waals surface area contributed by atoms with Crippen molar-refractivity contribution in [3.8, 4) is 21.9 Å². The van der Waals surface area contributed by atoms with Gasteiger partial charge in [-0.25, -0.2) is 8.42 Å². The van der Waals surface area contributed by atoms with E-state index in [1.165, 1.54) is 18.3 Å². The van der Waals surface area contributed by atoms with Gasteiger partial charge in [-0.1, -0.05) is 12.1 Å². The maximum atomic E-state index is 13.7. The molecule has 1 aliphatic rings. The smallest absolute Gasteiger partial charge is 0.304 e. The minimum atomic E-state index is -3.78. The van der Waals surface area contributed by atoms with Crippen molar-refractivity contribution >= 4 is 27.1 Å². The lowest BCUT2D eigenvalue weighted by Gasteiger charge is -2.41. The molecule has 0 aliphatic carbocycles. The monoisotopic (exact) mass is 528 g/mol. The molecule has 4 rings (SSSR count). The molecule has 3 aromatic rings. The zero-order valence-corrected chi connectivity index (χ0v) is 22.7. The molecule has 2 atom stereocenters. The van der Waals surface area contributed by atoms with Crippen LogP contribution in [0.2, 0.25) is 0 Å². The number of carbonyl (C=O) groups is 1. The average molecular weight is 529 g/mol. The maximum absolute atomic E-state index is 13.7. The first-order chi connectivity index (χ1) is 17.1. The van der Waals surface area contributed by atoms with Crippen LogP contribution in [-0.4, -0.2) is 33.4 Å². The Labute approximate surface area is 217 Å². The molecule has 0 radical (unpaired) electrons. The highest BCUT2D eigenvalue weighted by molar-refractivity contribution is 7.92. The summed E-state index contributed by atoms with van der Waals surface area (Å²) < 4.78 is 44.3. The number of carbonyl (C=O) groups excluding carboxylic acids is 1. The lowest BCUT2D eigenvalue weighted by atomic mass is 9.88. The zero-order chi connectivity index (χ0) is 25.9. The lowest BCUT2D eigenvalue weighted by molar-refractivity contribution is -0.154. The van der Waals surface area contributed by atoms with Crippen molar-refractivity contribution in [2.45, 2.75) is 51.1 Å². The molecule has 192 valence electrons. The fourth-order valence-electron chi connectivity index (χ4n) is 4.81. The zero-order valence-electron chi connectivity index (χ0n) is 21.0. The summed E-state index contributed by atoms with van der Waals surface area (Å²) in [6.07, 6.45) is 1.70. The third-order valence-corrected chi connectivity index (χ3v) is 10.1. The number of ether oxygens (including phenoxy) is 3. The highest BCUT2D eigenvalue weighted by atomic mass is 32.2. The molecule has 0 saturated carbocycles. The van der Waals surface area contributed by atoms with E-state index in [9.17, 15) is 13.2 Å². The SMILES string of the molecule is COc1ccc(CC2CCCS(=O)(=O)[C@]2(OC(C)=O)c2ccc(-c3ccc(OC(C)C)cc3)s2)cc1. The molecule has 6 nitrogen and oxygen atoms in total. The third-order valence-electron chi connectivity index (χ3n) is 6.36. The number of benzene rings is 2. The van der Waals surface area contributed by atoms with Gasteiger partial charge in [0, 0.05) is 17.7 Å². The molecular formula is C28H32O6S2. The molecule has 1 fully saturated rings. The number of methoxy groups -OCH3 is 1. The van der Waals surface area contributed by atoms with E-state index in [2.05, 4.69) is 0 Å². The number of sulfone groups is 1. The van der Waals surface area contributed by atoms with Gasteiger partial charge in [-0.15, -0.1) is 11.3 Å². The van der Waals surface area contributed by atoms with Crippen molar-refractivity contribution in [1.29, 1.82) is 0 Å². The summed E-state index contributed by atoms with van der Waals surface area (Å²) in [5.74, 6) is 0.464. The standard InChI is InChI=1S/C28H32O6S2/c1-19(2)33-25-13-9-22(10-14-25)26-15-16-27(35-26)28(34-20(3)29)23(6-5-17-36(28,30)31)18-21-7-11-24(32-4)12-8-21/h7-16,19,23H,5-6,17-18H2,1-4H3/t23?,28-/m0/s1. The number of rotatable bonds is 8. The van der Waals surface area contributed by atoms with Crippen molar-refractivity contribution in [3.05, 3.63) is 71.1 Å². The first-order valence-electron chi connectivity index (χ1n) is 12.1. The van der Waals surface area contributed by atoms with Crippen LogP contribution < -0.4 is 9.47 Å². The number of esters is 1. The Balaban J connectivity index is 1.74. The van der Waals surface area contributed by atoms with Crippen LogP contribution in [0.15, 0.2) is 60.7 Å². The van der Waals surface area contributed by atoms with Gasteiger partial charge in [0.1, 0.15) is 11.5 Å². The minimum Gasteiger partial charge on any atom is -0.497 e. The van der Waals surface area contributed by atoms with Crippen LogP contribution in [0.5, 0.6) is 11.5 Å². The first-order valence-corrected chi connectivity index (χ1v) is 14.5. The molecule has 0 spiro atoms. The molecule has 0 amide bonds. The van der Waals surface area contributed by atoms with E-state index in [1.54, 1.807) is 13.2 Å². The molecule has 2 aromatic carbocycles. The maximum Gasteiger partial charge on any atom is 0.304 e. The summed E-state index contributed by atoms with van der Waals surface area (Å²) in [7, 11) is -2.18. The summed E-state index contributed by atoms with van der Waals surface area (Å²) in [6, 6.07) is 19.0. The fraction of sp³-hybridized carbons (Fsp3) is 0.393. The normalized spacial score (nSPS) is 21.2. The van der Waals surface area contributed by atoms with Gasteiger partial charge < -0.3 is 14.2 Å². The van der Waals surface area contributed by atoms with Crippen LogP contribution in [0.4, 0.5) is 0 Å². The number of hydrogen-bond acceptors (Lipinski definition) is 7. The van der Waals surface area contributed by atoms with Crippen LogP contribution in [0.3, 0.4) is 0 Å². The van der Waals surface area contributed by atoms with Crippen molar-refractivity contribution < 1.29 is 27.4 Å². The molecule has 36 heavy (non-hydrogen) atoms. The number of hydrogen-bond donors (Lipinski definition) is 0. The average Bonchev–Trinajstić information content (AvgIpc) is 3.32. The predicted octanol–water partition coefficient (Wildman–Crippen LogP) is 5.99. The van der Waals surface area contributed by atoms with Crippen molar-refractivity contribution in [2.75, 3.05) is 12.9 Å². The van der Waals surface area contributed by atoms with Crippen molar-refractivity contribution in [1.82, 2.24) is 0 Å². The molecule has 1 aromatic heterocycles. The van der Waals surface area contributed by atoms with Crippen LogP contribution >= 0.6 is 11.3 Å². The van der Waals surface area contributed by atoms with Gasteiger partial charge >= 0.3 is 5.97 Å². The minimum absolute atomic E-state index is 0.0200. The van der Waals surface area contributed by atoms with Gasteiger partial charge in [-0.3, -0.25) is 4.79 Å². The summed E-state index contributed by atoms with van der Waals surface area (Å²) in [4.78, 5) is 12.1. The molecule has 1 unspecified atom stereocenters. The van der Waals surface area contributed by atoms with Crippen LogP contribution in [-0.2, 0) is 30.7 Å². The molecule has 1 aliphatic heterocycles. The summed E-state index contributed by atoms with van der Waals surface area (Å²) >= 11 is 1.36. The van der Waals surface area contributed by atoms with E-state index in [0.717, 1.165) is 27.5 Å². The molecular weight excluding hydrogens is 496 g/mol. The second kappa shape index (κ2) is 10.6. The lowest BCUT2D eigenvalue weighted by Crippen LogP contribution is -2.50. The van der Waals surface area contributed by atoms with E-state index in [1.807, 2.05) is 68.4 Å². The third kappa shape index (κ3) is 5.30. The van der Waals surface area contributed by atoms with Gasteiger partial charge in [0.2, 0.25) is 4.93 Å². The van der Waals surface area contributed by atoms with Gasteiger partial charge in [-0.05, 0) is 92.8 Å². The topological polar surface area (TPSA) is 78.9 Å². The van der Waals surface area contributed by atoms with Gasteiger partial charge in [0.15, 0.2) is 9.84 Å². The quantitative estimate of drug-likeness (QED) is 0.334. The van der Waals surface area contributed by atoms with Gasteiger partial charge in [0.05, 0.1) is 23.8 Å². The molecule has 1 saturated heterocycles. The Hall–Kier alpha value is -2.84. The Morgan fingerprint density at radius 3 is 2.31 bits per heavy atom. The predicted molar refractivity (Wildman–Crippen MR) is 142 cm³/mol. The van der Waals surface area contributed by atoms with E-state index in [4.69, 9.17) is 14.2 Å². The Morgan fingerprint density at radius 2 is 1.69 bits per heavy atom. The summed E-state index contributed by atoms with van der Waals surface area (Å²) in [6.45, 7) is 5.22. The Morgan fingerprint density at radius 1 is 1.03 bits per heavy atom. The van der Waals surface area contributed by atoms with E-state index in [0.29, 0.717) is 24.1 Å². The van der Waals surface area contributed by atoms with E-state index in [-0.39, 0.29) is 11.9 Å². The highest BCUT2D eigenvalue weighted by Crippen LogP contribution is 2.50. The van der Waals surface area contributed by atoms with E-state index >= 15 is 0 Å². The number of thiophene rings is 1. The van der Waals surface area contributed by atoms with Crippen molar-refractivity contribution in [2.24, 2.45) is 5.92 Å². The first kappa shape index (κ1) is 26.2. The fourth-order valence-corrected chi connectivity index (χ4v) is 8.61. The Bertz CT molecular complexity index is 1290. The van der Waals surface area contributed by atoms with Crippen LogP contribution in [0.1, 0.15) is 44.1 Å². The van der Waals surface area contributed by atoms with Gasteiger partial charge in [-0.2, -0.15) is 0 Å². The van der Waals surface area contributed by atoms with Gasteiger partial charge in [0.25, 0.3) is 0 Å². The second-order valence-corrected chi connectivity index (χ2v) is 12.7. The summed E-state index contributed by atoms with van der Waals surface area (Å²) in [5, 5.41) is 0. The second-order valence-electron chi connectivity index (χ2n) is 9.33. The molecule has 0 bridgehead atoms. The molecule has 0 N–H and O–H groups in total. The molecule has 8 heteroatoms. The largest absolute Gasteiger partial charge is 0.497 e. The van der Waals surface area contributed by atoms with E-state index < -0.39 is 26.7 Å². The van der Waals surface area contributed by atoms with Crippen molar-refractivity contribution in [3.63, 3.8) is 0 Å². The Kier molecular flexibility index (Phi) is 7.76. The summed E-state index contributed by atoms with van der Waals surface area (Å²) in [5.41, 5.74) is 1.91. The van der Waals surface area contributed by atoms with Crippen LogP contribution in [0.25, 0.3) is 10.4 Å².